The van der Waals surface area contributed by atoms with Gasteiger partial charge in [-0.05, 0) is 42.3 Å². The molecule has 2 atom stereocenters. The molecular formula is C17H26BrNO. The minimum atomic E-state index is -0.376. The summed E-state index contributed by atoms with van der Waals surface area (Å²) in [5.74, 6) is 0.781. The third-order valence-electron chi connectivity index (χ3n) is 4.48. The van der Waals surface area contributed by atoms with Gasteiger partial charge in [-0.3, -0.25) is 0 Å². The van der Waals surface area contributed by atoms with E-state index in [2.05, 4.69) is 41.6 Å². The first-order valence-electron chi connectivity index (χ1n) is 7.53. The molecule has 20 heavy (non-hydrogen) atoms. The van der Waals surface area contributed by atoms with Crippen LogP contribution in [0.5, 0.6) is 0 Å². The van der Waals surface area contributed by atoms with Crippen LogP contribution in [0.25, 0.3) is 0 Å². The van der Waals surface area contributed by atoms with Crippen molar-refractivity contribution >= 4 is 15.9 Å². The van der Waals surface area contributed by atoms with Crippen LogP contribution in [-0.4, -0.2) is 29.6 Å². The Hall–Kier alpha value is -0.380. The molecule has 2 unspecified atom stereocenters. The van der Waals surface area contributed by atoms with Gasteiger partial charge in [-0.25, -0.2) is 0 Å². The molecule has 0 aromatic heterocycles. The van der Waals surface area contributed by atoms with Crippen molar-refractivity contribution in [3.05, 3.63) is 34.3 Å². The largest absolute Gasteiger partial charge is 0.388 e. The van der Waals surface area contributed by atoms with Gasteiger partial charge in [-0.15, -0.1) is 0 Å². The number of nitrogens with zero attached hydrogens (tertiary/aromatic N) is 1. The van der Waals surface area contributed by atoms with Gasteiger partial charge >= 0.3 is 0 Å². The Labute approximate surface area is 131 Å². The van der Waals surface area contributed by atoms with Crippen LogP contribution in [0.1, 0.15) is 45.3 Å². The molecule has 1 heterocycles. The lowest BCUT2D eigenvalue weighted by molar-refractivity contribution is 0.144. The number of benzene rings is 1. The van der Waals surface area contributed by atoms with Gasteiger partial charge < -0.3 is 10.0 Å². The predicted octanol–water partition coefficient (Wildman–Crippen LogP) is 4.24. The highest BCUT2D eigenvalue weighted by molar-refractivity contribution is 9.10. The summed E-state index contributed by atoms with van der Waals surface area (Å²) in [5.41, 5.74) is 1.40. The molecule has 1 aliphatic rings. The summed E-state index contributed by atoms with van der Waals surface area (Å²) in [5, 5.41) is 10.3. The molecule has 112 valence electrons. The monoisotopic (exact) mass is 339 g/mol. The standard InChI is InChI=1S/C17H26BrNO/c1-17(2,3)13-8-10-19(12-13)11-9-16(20)14-6-4-5-7-15(14)18/h4-7,13,16,20H,8-12H2,1-3H3. The maximum Gasteiger partial charge on any atom is 0.0813 e. The van der Waals surface area contributed by atoms with Gasteiger partial charge in [0.15, 0.2) is 0 Å². The molecule has 0 amide bonds. The number of aliphatic hydroxyl groups excluding tert-OH is 1. The van der Waals surface area contributed by atoms with Gasteiger partial charge in [0, 0.05) is 17.6 Å². The van der Waals surface area contributed by atoms with Gasteiger partial charge in [-0.2, -0.15) is 0 Å². The van der Waals surface area contributed by atoms with Gasteiger partial charge in [0.1, 0.15) is 0 Å². The molecule has 1 aromatic carbocycles. The molecule has 0 aliphatic carbocycles. The second-order valence-electron chi connectivity index (χ2n) is 6.98. The quantitative estimate of drug-likeness (QED) is 0.886. The van der Waals surface area contributed by atoms with Crippen LogP contribution in [0.2, 0.25) is 0 Å². The molecule has 0 radical (unpaired) electrons. The zero-order valence-electron chi connectivity index (χ0n) is 12.8. The fourth-order valence-corrected chi connectivity index (χ4v) is 3.50. The van der Waals surface area contributed by atoms with Crippen molar-refractivity contribution in [3.63, 3.8) is 0 Å². The fourth-order valence-electron chi connectivity index (χ4n) is 2.95. The normalized spacial score (nSPS) is 22.1. The maximum atomic E-state index is 10.3. The second-order valence-corrected chi connectivity index (χ2v) is 7.83. The average molecular weight is 340 g/mol. The van der Waals surface area contributed by atoms with Gasteiger partial charge in [0.05, 0.1) is 6.10 Å². The Morgan fingerprint density at radius 3 is 2.65 bits per heavy atom. The molecule has 3 heteroatoms. The van der Waals surface area contributed by atoms with E-state index in [4.69, 9.17) is 0 Å². The van der Waals surface area contributed by atoms with Crippen molar-refractivity contribution in [2.75, 3.05) is 19.6 Å². The molecule has 0 saturated carbocycles. The summed E-state index contributed by atoms with van der Waals surface area (Å²) in [6.45, 7) is 10.3. The number of hydrogen-bond acceptors (Lipinski definition) is 2. The molecule has 0 bridgehead atoms. The zero-order chi connectivity index (χ0) is 14.8. The predicted molar refractivity (Wildman–Crippen MR) is 87.7 cm³/mol. The second kappa shape index (κ2) is 6.59. The Kier molecular flexibility index (Phi) is 5.27. The number of halogens is 1. The molecule has 0 spiro atoms. The van der Waals surface area contributed by atoms with Crippen LogP contribution in [-0.2, 0) is 0 Å². The minimum Gasteiger partial charge on any atom is -0.388 e. The topological polar surface area (TPSA) is 23.5 Å². The fraction of sp³-hybridized carbons (Fsp3) is 0.647. The Bertz CT molecular complexity index is 441. The van der Waals surface area contributed by atoms with E-state index < -0.39 is 0 Å². The van der Waals surface area contributed by atoms with Crippen molar-refractivity contribution in [1.82, 2.24) is 4.90 Å². The molecule has 1 N–H and O–H groups in total. The van der Waals surface area contributed by atoms with E-state index in [0.29, 0.717) is 5.41 Å². The summed E-state index contributed by atoms with van der Waals surface area (Å²) in [4.78, 5) is 2.50. The summed E-state index contributed by atoms with van der Waals surface area (Å²) in [6, 6.07) is 7.95. The van der Waals surface area contributed by atoms with Crippen LogP contribution >= 0.6 is 15.9 Å². The van der Waals surface area contributed by atoms with E-state index in [1.807, 2.05) is 24.3 Å². The lowest BCUT2D eigenvalue weighted by atomic mass is 9.80. The van der Waals surface area contributed by atoms with Gasteiger partial charge in [0.2, 0.25) is 0 Å². The van der Waals surface area contributed by atoms with Gasteiger partial charge in [0.25, 0.3) is 0 Å². The highest BCUT2D eigenvalue weighted by atomic mass is 79.9. The first-order chi connectivity index (χ1) is 9.38. The molecule has 1 aliphatic heterocycles. The molecule has 1 aromatic rings. The lowest BCUT2D eigenvalue weighted by Crippen LogP contribution is -2.27. The van der Waals surface area contributed by atoms with E-state index in [0.717, 1.165) is 28.9 Å². The molecule has 1 saturated heterocycles. The molecule has 1 fully saturated rings. The number of hydrogen-bond donors (Lipinski definition) is 1. The zero-order valence-corrected chi connectivity index (χ0v) is 14.4. The summed E-state index contributed by atoms with van der Waals surface area (Å²) < 4.78 is 1.00. The summed E-state index contributed by atoms with van der Waals surface area (Å²) >= 11 is 3.51. The highest BCUT2D eigenvalue weighted by Crippen LogP contribution is 2.34. The van der Waals surface area contributed by atoms with Crippen molar-refractivity contribution < 1.29 is 5.11 Å². The Balaban J connectivity index is 1.83. The van der Waals surface area contributed by atoms with E-state index >= 15 is 0 Å². The SMILES string of the molecule is CC(C)(C)C1CCN(CCC(O)c2ccccc2Br)C1. The average Bonchev–Trinajstić information content (AvgIpc) is 2.85. The van der Waals surface area contributed by atoms with Crippen molar-refractivity contribution in [3.8, 4) is 0 Å². The smallest absolute Gasteiger partial charge is 0.0813 e. The Morgan fingerprint density at radius 1 is 1.35 bits per heavy atom. The number of likely N-dealkylation sites (tertiary alicyclic amines) is 1. The summed E-state index contributed by atoms with van der Waals surface area (Å²) in [7, 11) is 0. The van der Waals surface area contributed by atoms with E-state index in [1.54, 1.807) is 0 Å². The third-order valence-corrected chi connectivity index (χ3v) is 5.20. The van der Waals surface area contributed by atoms with Crippen LogP contribution in [0, 0.1) is 11.3 Å². The lowest BCUT2D eigenvalue weighted by Gasteiger charge is -2.27. The maximum absolute atomic E-state index is 10.3. The minimum absolute atomic E-state index is 0.376. The summed E-state index contributed by atoms with van der Waals surface area (Å²) in [6.07, 6.45) is 1.72. The Morgan fingerprint density at radius 2 is 2.05 bits per heavy atom. The van der Waals surface area contributed by atoms with Crippen molar-refractivity contribution in [2.45, 2.75) is 39.7 Å². The third kappa shape index (κ3) is 4.06. The van der Waals surface area contributed by atoms with E-state index in [9.17, 15) is 5.11 Å². The molecule has 2 nitrogen and oxygen atoms in total. The van der Waals surface area contributed by atoms with Crippen LogP contribution < -0.4 is 0 Å². The van der Waals surface area contributed by atoms with E-state index in [1.165, 1.54) is 19.5 Å². The first-order valence-corrected chi connectivity index (χ1v) is 8.32. The van der Waals surface area contributed by atoms with Crippen molar-refractivity contribution in [2.24, 2.45) is 11.3 Å². The van der Waals surface area contributed by atoms with Crippen LogP contribution in [0.4, 0.5) is 0 Å². The van der Waals surface area contributed by atoms with Crippen LogP contribution in [0.15, 0.2) is 28.7 Å². The van der Waals surface area contributed by atoms with Crippen molar-refractivity contribution in [1.29, 1.82) is 0 Å². The van der Waals surface area contributed by atoms with Crippen LogP contribution in [0.3, 0.4) is 0 Å². The molecular weight excluding hydrogens is 314 g/mol. The number of rotatable bonds is 4. The van der Waals surface area contributed by atoms with Gasteiger partial charge in [-0.1, -0.05) is 54.9 Å². The molecule has 2 rings (SSSR count). The highest BCUT2D eigenvalue weighted by Gasteiger charge is 2.31. The van der Waals surface area contributed by atoms with E-state index in [-0.39, 0.29) is 6.10 Å². The first kappa shape index (κ1) is 16.0. The number of aliphatic hydroxyl groups is 1.